The van der Waals surface area contributed by atoms with Crippen LogP contribution in [-0.2, 0) is 14.6 Å². The Kier molecular flexibility index (Phi) is 3.80. The average Bonchev–Trinajstić information content (AvgIpc) is 2.40. The molecule has 0 saturated carbocycles. The minimum atomic E-state index is -3.36. The van der Waals surface area contributed by atoms with Crippen molar-refractivity contribution in [3.8, 4) is 0 Å². The lowest BCUT2D eigenvalue weighted by Crippen LogP contribution is -2.55. The number of hydrogen-bond donors (Lipinski definition) is 1. The summed E-state index contributed by atoms with van der Waals surface area (Å²) in [7, 11) is -3.36. The molecule has 0 spiro atoms. The second-order valence-electron chi connectivity index (χ2n) is 4.77. The van der Waals surface area contributed by atoms with Crippen molar-refractivity contribution in [2.75, 3.05) is 19.3 Å². The molecule has 108 valence electrons. The van der Waals surface area contributed by atoms with Gasteiger partial charge in [0.05, 0.1) is 4.90 Å². The average molecular weight is 296 g/mol. The largest absolute Gasteiger partial charge is 0.353 e. The van der Waals surface area contributed by atoms with Crippen molar-refractivity contribution in [1.82, 2.24) is 10.2 Å². The van der Waals surface area contributed by atoms with E-state index in [4.69, 9.17) is 0 Å². The number of nitrogens with one attached hydrogen (secondary N) is 1. The third-order valence-corrected chi connectivity index (χ3v) is 4.38. The van der Waals surface area contributed by atoms with Crippen LogP contribution in [0.4, 0.5) is 0 Å². The molecule has 6 nitrogen and oxygen atoms in total. The summed E-state index contributed by atoms with van der Waals surface area (Å²) in [6.07, 6.45) is 1.09. The first-order chi connectivity index (χ1) is 9.30. The first-order valence-electron chi connectivity index (χ1n) is 6.19. The van der Waals surface area contributed by atoms with Gasteiger partial charge in [-0.05, 0) is 25.1 Å². The van der Waals surface area contributed by atoms with Crippen LogP contribution < -0.4 is 5.32 Å². The van der Waals surface area contributed by atoms with Crippen LogP contribution in [0.5, 0.6) is 0 Å². The van der Waals surface area contributed by atoms with E-state index in [1.807, 2.05) is 0 Å². The predicted molar refractivity (Wildman–Crippen MR) is 73.1 cm³/mol. The number of piperazine rings is 1. The normalized spacial score (nSPS) is 19.6. The van der Waals surface area contributed by atoms with Gasteiger partial charge in [-0.3, -0.25) is 9.59 Å². The molecule has 1 N–H and O–H groups in total. The Bertz CT molecular complexity index is 654. The van der Waals surface area contributed by atoms with Gasteiger partial charge < -0.3 is 10.2 Å². The summed E-state index contributed by atoms with van der Waals surface area (Å²) >= 11 is 0. The Balaban J connectivity index is 2.32. The monoisotopic (exact) mass is 296 g/mol. The number of benzene rings is 1. The summed E-state index contributed by atoms with van der Waals surface area (Å²) in [4.78, 5) is 25.5. The summed E-state index contributed by atoms with van der Waals surface area (Å²) in [5.74, 6) is -0.540. The predicted octanol–water partition coefficient (Wildman–Crippen LogP) is 0.0506. The highest BCUT2D eigenvalue weighted by Crippen LogP contribution is 2.15. The summed E-state index contributed by atoms with van der Waals surface area (Å²) in [6.45, 7) is 2.46. The summed E-state index contributed by atoms with van der Waals surface area (Å²) in [5, 5.41) is 2.68. The van der Waals surface area contributed by atoms with Crippen molar-refractivity contribution in [1.29, 1.82) is 0 Å². The number of sulfone groups is 1. The zero-order valence-corrected chi connectivity index (χ0v) is 12.1. The molecule has 1 aromatic carbocycles. The van der Waals surface area contributed by atoms with Gasteiger partial charge in [0.2, 0.25) is 5.91 Å². The molecule has 1 saturated heterocycles. The molecule has 1 aromatic rings. The molecular formula is C13H16N2O4S. The first kappa shape index (κ1) is 14.5. The summed E-state index contributed by atoms with van der Waals surface area (Å²) in [5.41, 5.74) is 0.273. The minimum Gasteiger partial charge on any atom is -0.353 e. The SMILES string of the molecule is C[C@H]1C(=O)NCCN1C(=O)c1cccc(S(C)(=O)=O)c1. The van der Waals surface area contributed by atoms with E-state index in [0.717, 1.165) is 6.26 Å². The Labute approximate surface area is 117 Å². The molecule has 20 heavy (non-hydrogen) atoms. The van der Waals surface area contributed by atoms with Crippen molar-refractivity contribution < 1.29 is 18.0 Å². The number of rotatable bonds is 2. The highest BCUT2D eigenvalue weighted by atomic mass is 32.2. The fourth-order valence-corrected chi connectivity index (χ4v) is 2.75. The van der Waals surface area contributed by atoms with E-state index in [1.54, 1.807) is 13.0 Å². The van der Waals surface area contributed by atoms with Crippen molar-refractivity contribution in [3.05, 3.63) is 29.8 Å². The lowest BCUT2D eigenvalue weighted by molar-refractivity contribution is -0.127. The Morgan fingerprint density at radius 3 is 2.75 bits per heavy atom. The third kappa shape index (κ3) is 2.82. The fraction of sp³-hybridized carbons (Fsp3) is 0.385. The van der Waals surface area contributed by atoms with Crippen LogP contribution in [0.2, 0.25) is 0 Å². The smallest absolute Gasteiger partial charge is 0.254 e. The minimum absolute atomic E-state index is 0.0949. The molecule has 1 aliphatic heterocycles. The summed E-state index contributed by atoms with van der Waals surface area (Å²) < 4.78 is 23.0. The van der Waals surface area contributed by atoms with Crippen LogP contribution in [-0.4, -0.2) is 50.5 Å². The van der Waals surface area contributed by atoms with E-state index >= 15 is 0 Å². The van der Waals surface area contributed by atoms with E-state index in [-0.39, 0.29) is 22.3 Å². The number of amides is 2. The van der Waals surface area contributed by atoms with Crippen LogP contribution in [0, 0.1) is 0 Å². The Morgan fingerprint density at radius 1 is 1.40 bits per heavy atom. The van der Waals surface area contributed by atoms with Gasteiger partial charge in [-0.15, -0.1) is 0 Å². The molecule has 2 amide bonds. The molecule has 1 atom stereocenters. The van der Waals surface area contributed by atoms with E-state index in [9.17, 15) is 18.0 Å². The first-order valence-corrected chi connectivity index (χ1v) is 8.08. The molecule has 1 fully saturated rings. The highest BCUT2D eigenvalue weighted by Gasteiger charge is 2.30. The maximum atomic E-state index is 12.4. The zero-order valence-electron chi connectivity index (χ0n) is 11.3. The molecular weight excluding hydrogens is 280 g/mol. The van der Waals surface area contributed by atoms with E-state index in [1.165, 1.54) is 23.1 Å². The van der Waals surface area contributed by atoms with Crippen molar-refractivity contribution in [3.63, 3.8) is 0 Å². The van der Waals surface area contributed by atoms with Gasteiger partial charge in [0.25, 0.3) is 5.91 Å². The number of carbonyl (C=O) groups excluding carboxylic acids is 2. The standard InChI is InChI=1S/C13H16N2O4S/c1-9-12(16)14-6-7-15(9)13(17)10-4-3-5-11(8-10)20(2,18)19/h3-5,8-9H,6-7H2,1-2H3,(H,14,16)/t9-/m0/s1. The van der Waals surface area contributed by atoms with Crippen LogP contribution in [0.3, 0.4) is 0 Å². The van der Waals surface area contributed by atoms with Crippen LogP contribution >= 0.6 is 0 Å². The molecule has 7 heteroatoms. The van der Waals surface area contributed by atoms with Gasteiger partial charge in [0.15, 0.2) is 9.84 Å². The molecule has 0 aliphatic carbocycles. The fourth-order valence-electron chi connectivity index (χ4n) is 2.09. The van der Waals surface area contributed by atoms with Crippen LogP contribution in [0.15, 0.2) is 29.2 Å². The van der Waals surface area contributed by atoms with E-state index in [2.05, 4.69) is 5.32 Å². The van der Waals surface area contributed by atoms with Crippen LogP contribution in [0.1, 0.15) is 17.3 Å². The lowest BCUT2D eigenvalue weighted by Gasteiger charge is -2.32. The van der Waals surface area contributed by atoms with Gasteiger partial charge >= 0.3 is 0 Å². The zero-order chi connectivity index (χ0) is 14.9. The van der Waals surface area contributed by atoms with Crippen molar-refractivity contribution >= 4 is 21.7 Å². The molecule has 1 heterocycles. The number of nitrogens with zero attached hydrogens (tertiary/aromatic N) is 1. The summed E-state index contributed by atoms with van der Waals surface area (Å²) in [6, 6.07) is 5.31. The van der Waals surface area contributed by atoms with Gasteiger partial charge in [0, 0.05) is 24.9 Å². The topological polar surface area (TPSA) is 83.6 Å². The van der Waals surface area contributed by atoms with Crippen molar-refractivity contribution in [2.24, 2.45) is 0 Å². The second kappa shape index (κ2) is 5.24. The third-order valence-electron chi connectivity index (χ3n) is 3.27. The molecule has 0 aromatic heterocycles. The van der Waals surface area contributed by atoms with Gasteiger partial charge in [-0.2, -0.15) is 0 Å². The van der Waals surface area contributed by atoms with Crippen molar-refractivity contribution in [2.45, 2.75) is 17.9 Å². The molecule has 0 unspecified atom stereocenters. The van der Waals surface area contributed by atoms with E-state index < -0.39 is 15.9 Å². The van der Waals surface area contributed by atoms with E-state index in [0.29, 0.717) is 13.1 Å². The van der Waals surface area contributed by atoms with Gasteiger partial charge in [-0.1, -0.05) is 6.07 Å². The van der Waals surface area contributed by atoms with Gasteiger partial charge in [-0.25, -0.2) is 8.42 Å². The quantitative estimate of drug-likeness (QED) is 0.836. The Hall–Kier alpha value is -1.89. The number of hydrogen-bond acceptors (Lipinski definition) is 4. The van der Waals surface area contributed by atoms with Gasteiger partial charge in [0.1, 0.15) is 6.04 Å². The number of carbonyl (C=O) groups is 2. The van der Waals surface area contributed by atoms with Crippen LogP contribution in [0.25, 0.3) is 0 Å². The molecule has 0 radical (unpaired) electrons. The maximum Gasteiger partial charge on any atom is 0.254 e. The maximum absolute atomic E-state index is 12.4. The molecule has 0 bridgehead atoms. The molecule has 2 rings (SSSR count). The highest BCUT2D eigenvalue weighted by molar-refractivity contribution is 7.90. The molecule has 1 aliphatic rings. The lowest BCUT2D eigenvalue weighted by atomic mass is 10.1. The second-order valence-corrected chi connectivity index (χ2v) is 6.78. The Morgan fingerprint density at radius 2 is 2.10 bits per heavy atom.